The summed E-state index contributed by atoms with van der Waals surface area (Å²) in [5, 5.41) is 7.99. The maximum Gasteiger partial charge on any atom is 0.362 e. The average Bonchev–Trinajstić information content (AvgIpc) is 2.71. The number of hydrogen-bond donors (Lipinski definition) is 2. The molecule has 3 aromatic rings. The van der Waals surface area contributed by atoms with E-state index in [9.17, 15) is 9.59 Å². The first-order valence-corrected chi connectivity index (χ1v) is 8.54. The molecule has 8 heteroatoms. The zero-order chi connectivity index (χ0) is 19.9. The number of amides is 1. The molecule has 3 N–H and O–H groups in total. The molecule has 0 atom stereocenters. The van der Waals surface area contributed by atoms with Crippen LogP contribution >= 0.6 is 11.6 Å². The second-order valence-corrected chi connectivity index (χ2v) is 6.08. The number of para-hydroxylation sites is 1. The summed E-state index contributed by atoms with van der Waals surface area (Å²) in [5.41, 5.74) is 10.2. The van der Waals surface area contributed by atoms with Crippen molar-refractivity contribution in [1.82, 2.24) is 0 Å². The monoisotopic (exact) mass is 394 g/mol. The van der Waals surface area contributed by atoms with Gasteiger partial charge in [0.2, 0.25) is 0 Å². The van der Waals surface area contributed by atoms with Crippen molar-refractivity contribution in [2.45, 2.75) is 0 Å². The molecule has 0 saturated heterocycles. The lowest BCUT2D eigenvalue weighted by Crippen LogP contribution is -2.10. The Kier molecular flexibility index (Phi) is 5.98. The van der Waals surface area contributed by atoms with Gasteiger partial charge in [0.05, 0.1) is 22.5 Å². The Balaban J connectivity index is 1.58. The maximum absolute atomic E-state index is 12.0. The summed E-state index contributed by atoms with van der Waals surface area (Å²) in [7, 11) is 0. The van der Waals surface area contributed by atoms with Crippen molar-refractivity contribution in [3.8, 4) is 0 Å². The molecule has 1 amide bonds. The third-order valence-corrected chi connectivity index (χ3v) is 3.87. The van der Waals surface area contributed by atoms with Crippen molar-refractivity contribution in [1.29, 1.82) is 0 Å². The zero-order valence-corrected chi connectivity index (χ0v) is 15.3. The van der Waals surface area contributed by atoms with Gasteiger partial charge in [-0.1, -0.05) is 29.8 Å². The van der Waals surface area contributed by atoms with Crippen molar-refractivity contribution < 1.29 is 14.4 Å². The van der Waals surface area contributed by atoms with Crippen molar-refractivity contribution >= 4 is 40.5 Å². The summed E-state index contributed by atoms with van der Waals surface area (Å²) < 4.78 is 0. The minimum Gasteiger partial charge on any atom is -0.398 e. The normalized spacial score (nSPS) is 10.6. The number of hydrogen-bond acceptors (Lipinski definition) is 6. The van der Waals surface area contributed by atoms with Crippen LogP contribution in [0.3, 0.4) is 0 Å². The van der Waals surface area contributed by atoms with Gasteiger partial charge in [0.15, 0.2) is 0 Å². The molecule has 7 nitrogen and oxygen atoms in total. The van der Waals surface area contributed by atoms with Crippen molar-refractivity contribution in [3.05, 3.63) is 88.9 Å². The molecular formula is C20H15ClN4O3. The Morgan fingerprint density at radius 2 is 1.71 bits per heavy atom. The summed E-state index contributed by atoms with van der Waals surface area (Å²) in [6, 6.07) is 19.5. The highest BCUT2D eigenvalue weighted by atomic mass is 35.5. The van der Waals surface area contributed by atoms with Crippen LogP contribution in [0.5, 0.6) is 0 Å². The van der Waals surface area contributed by atoms with E-state index >= 15 is 0 Å². The molecule has 28 heavy (non-hydrogen) atoms. The molecule has 0 bridgehead atoms. The fourth-order valence-corrected chi connectivity index (χ4v) is 2.41. The van der Waals surface area contributed by atoms with Gasteiger partial charge >= 0.3 is 5.97 Å². The molecule has 0 unspecified atom stereocenters. The highest BCUT2D eigenvalue weighted by molar-refractivity contribution is 6.30. The highest BCUT2D eigenvalue weighted by Crippen LogP contribution is 2.19. The van der Waals surface area contributed by atoms with Gasteiger partial charge in [-0.3, -0.25) is 4.79 Å². The Hall–Kier alpha value is -3.71. The van der Waals surface area contributed by atoms with Gasteiger partial charge in [0, 0.05) is 10.7 Å². The average molecular weight is 395 g/mol. The largest absolute Gasteiger partial charge is 0.398 e. The Labute approximate surface area is 165 Å². The number of nitrogens with one attached hydrogen (secondary N) is 1. The molecule has 140 valence electrons. The standard InChI is InChI=1S/C20H15ClN4O3/c21-14-5-3-4-13(12-14)20(27)28-25-16-10-8-15(9-11-16)23-24-19(26)17-6-1-2-7-18(17)22/h1-12,25H,22H2. The molecule has 0 heterocycles. The van der Waals surface area contributed by atoms with Gasteiger partial charge < -0.3 is 10.6 Å². The van der Waals surface area contributed by atoms with Crippen LogP contribution in [0.15, 0.2) is 83.0 Å². The van der Waals surface area contributed by atoms with E-state index in [0.717, 1.165) is 0 Å². The van der Waals surface area contributed by atoms with E-state index in [1.165, 1.54) is 6.07 Å². The van der Waals surface area contributed by atoms with Gasteiger partial charge in [-0.05, 0) is 54.6 Å². The van der Waals surface area contributed by atoms with Crippen molar-refractivity contribution in [3.63, 3.8) is 0 Å². The lowest BCUT2D eigenvalue weighted by molar-refractivity contribution is 0.0596. The van der Waals surface area contributed by atoms with Crippen LogP contribution in [0.1, 0.15) is 20.7 Å². The number of rotatable bonds is 5. The van der Waals surface area contributed by atoms with Crippen LogP contribution < -0.4 is 11.2 Å². The summed E-state index contributed by atoms with van der Waals surface area (Å²) >= 11 is 5.84. The molecule has 0 spiro atoms. The van der Waals surface area contributed by atoms with E-state index in [4.69, 9.17) is 22.2 Å². The van der Waals surface area contributed by atoms with Gasteiger partial charge in [0.1, 0.15) is 0 Å². The highest BCUT2D eigenvalue weighted by Gasteiger charge is 2.09. The third kappa shape index (κ3) is 4.93. The molecule has 0 aliphatic carbocycles. The van der Waals surface area contributed by atoms with Gasteiger partial charge in [-0.15, -0.1) is 10.2 Å². The fraction of sp³-hybridized carbons (Fsp3) is 0. The van der Waals surface area contributed by atoms with Crippen LogP contribution in [0.25, 0.3) is 0 Å². The Morgan fingerprint density at radius 1 is 0.964 bits per heavy atom. The van der Waals surface area contributed by atoms with Gasteiger partial charge in [-0.2, -0.15) is 0 Å². The Bertz CT molecular complexity index is 1040. The molecule has 0 aromatic heterocycles. The van der Waals surface area contributed by atoms with E-state index in [2.05, 4.69) is 15.7 Å². The van der Waals surface area contributed by atoms with E-state index in [1.54, 1.807) is 66.7 Å². The summed E-state index contributed by atoms with van der Waals surface area (Å²) in [4.78, 5) is 29.0. The van der Waals surface area contributed by atoms with Crippen LogP contribution in [0.4, 0.5) is 17.1 Å². The minimum absolute atomic E-state index is 0.289. The van der Waals surface area contributed by atoms with Gasteiger partial charge in [0.25, 0.3) is 5.91 Å². The lowest BCUT2D eigenvalue weighted by atomic mass is 10.2. The third-order valence-electron chi connectivity index (χ3n) is 3.64. The number of carbonyl (C=O) groups is 2. The summed E-state index contributed by atoms with van der Waals surface area (Å²) in [5.74, 6) is -1.10. The number of nitrogens with zero attached hydrogens (tertiary/aromatic N) is 2. The van der Waals surface area contributed by atoms with Crippen LogP contribution in [0.2, 0.25) is 5.02 Å². The molecule has 0 aliphatic rings. The van der Waals surface area contributed by atoms with Crippen molar-refractivity contribution in [2.24, 2.45) is 10.2 Å². The smallest absolute Gasteiger partial charge is 0.362 e. The predicted molar refractivity (Wildman–Crippen MR) is 107 cm³/mol. The molecule has 0 saturated carbocycles. The Morgan fingerprint density at radius 3 is 2.43 bits per heavy atom. The molecule has 0 radical (unpaired) electrons. The first-order chi connectivity index (χ1) is 13.5. The number of carbonyl (C=O) groups excluding carboxylic acids is 2. The predicted octanol–water partition coefficient (Wildman–Crippen LogP) is 5.03. The number of benzene rings is 3. The number of halogens is 1. The summed E-state index contributed by atoms with van der Waals surface area (Å²) in [6.07, 6.45) is 0. The van der Waals surface area contributed by atoms with E-state index < -0.39 is 11.9 Å². The topological polar surface area (TPSA) is 106 Å². The fourth-order valence-electron chi connectivity index (χ4n) is 2.22. The lowest BCUT2D eigenvalue weighted by Gasteiger charge is -2.07. The molecular weight excluding hydrogens is 380 g/mol. The van der Waals surface area contributed by atoms with Crippen LogP contribution in [-0.2, 0) is 4.84 Å². The first-order valence-electron chi connectivity index (χ1n) is 8.16. The molecule has 0 aliphatic heterocycles. The van der Waals surface area contributed by atoms with E-state index in [1.807, 2.05) is 0 Å². The second kappa shape index (κ2) is 8.79. The van der Waals surface area contributed by atoms with E-state index in [-0.39, 0.29) is 5.56 Å². The maximum atomic E-state index is 12.0. The second-order valence-electron chi connectivity index (χ2n) is 5.64. The zero-order valence-electron chi connectivity index (χ0n) is 14.5. The minimum atomic E-state index is -0.572. The molecule has 3 rings (SSSR count). The number of nitrogens with two attached hydrogens (primary N) is 1. The summed E-state index contributed by atoms with van der Waals surface area (Å²) in [6.45, 7) is 0. The van der Waals surface area contributed by atoms with Crippen molar-refractivity contribution in [2.75, 3.05) is 11.2 Å². The van der Waals surface area contributed by atoms with Crippen LogP contribution in [0, 0.1) is 0 Å². The number of azo groups is 1. The SMILES string of the molecule is Nc1ccccc1C(=O)N=Nc1ccc(NOC(=O)c2cccc(Cl)c2)cc1. The number of nitrogen functional groups attached to an aromatic ring is 1. The number of anilines is 2. The van der Waals surface area contributed by atoms with E-state index in [0.29, 0.717) is 27.6 Å². The molecule has 3 aromatic carbocycles. The van der Waals surface area contributed by atoms with Gasteiger partial charge in [-0.25, -0.2) is 10.3 Å². The quantitative estimate of drug-likeness (QED) is 0.358. The first kappa shape index (κ1) is 19.1. The molecule has 0 fully saturated rings. The van der Waals surface area contributed by atoms with Crippen LogP contribution in [-0.4, -0.2) is 11.9 Å².